The van der Waals surface area contributed by atoms with Crippen molar-refractivity contribution in [3.8, 4) is 16.9 Å². The highest BCUT2D eigenvalue weighted by molar-refractivity contribution is 5.98. The number of likely N-dealkylation sites (N-methyl/N-ethyl adjacent to an activating group) is 1. The number of fused-ring (bicyclic) bond motifs is 1. The van der Waals surface area contributed by atoms with Crippen molar-refractivity contribution in [1.82, 2.24) is 5.32 Å². The van der Waals surface area contributed by atoms with E-state index in [0.29, 0.717) is 24.7 Å². The molecular formula is C30H37N3O7. The van der Waals surface area contributed by atoms with Crippen molar-refractivity contribution in [2.45, 2.75) is 57.6 Å². The van der Waals surface area contributed by atoms with Crippen LogP contribution in [0.2, 0.25) is 0 Å². The normalized spacial score (nSPS) is 17.3. The second kappa shape index (κ2) is 11.7. The number of amides is 3. The smallest absolute Gasteiger partial charge is 0.408 e. The van der Waals surface area contributed by atoms with Gasteiger partial charge in [-0.1, -0.05) is 30.3 Å². The number of ether oxygens (including phenoxy) is 3. The summed E-state index contributed by atoms with van der Waals surface area (Å²) < 4.78 is 16.3. The van der Waals surface area contributed by atoms with Crippen LogP contribution in [-0.2, 0) is 30.3 Å². The zero-order valence-corrected chi connectivity index (χ0v) is 23.5. The molecule has 2 heterocycles. The molecule has 2 aromatic rings. The van der Waals surface area contributed by atoms with E-state index < -0.39 is 29.1 Å². The number of rotatable bonds is 8. The van der Waals surface area contributed by atoms with E-state index in [1.165, 1.54) is 0 Å². The molecule has 0 spiro atoms. The molecule has 0 saturated carbocycles. The van der Waals surface area contributed by atoms with E-state index in [1.807, 2.05) is 42.5 Å². The van der Waals surface area contributed by atoms with Gasteiger partial charge in [0.25, 0.3) is 5.91 Å². The van der Waals surface area contributed by atoms with Crippen molar-refractivity contribution in [3.05, 3.63) is 48.0 Å². The van der Waals surface area contributed by atoms with Gasteiger partial charge in [0, 0.05) is 45.4 Å². The van der Waals surface area contributed by atoms with E-state index in [-0.39, 0.29) is 44.0 Å². The largest absolute Gasteiger partial charge is 0.482 e. The lowest BCUT2D eigenvalue weighted by Gasteiger charge is -2.37. The maximum Gasteiger partial charge on any atom is 0.408 e. The number of nitrogens with one attached hydrogen (secondary N) is 1. The van der Waals surface area contributed by atoms with Crippen molar-refractivity contribution in [1.29, 1.82) is 0 Å². The van der Waals surface area contributed by atoms with Crippen molar-refractivity contribution < 1.29 is 33.4 Å². The van der Waals surface area contributed by atoms with Crippen LogP contribution < -0.4 is 20.7 Å². The van der Waals surface area contributed by atoms with Gasteiger partial charge in [0.15, 0.2) is 12.4 Å². The summed E-state index contributed by atoms with van der Waals surface area (Å²) in [6, 6.07) is 13.3. The van der Waals surface area contributed by atoms with Crippen molar-refractivity contribution >= 4 is 29.4 Å². The number of anilines is 1. The Balaban J connectivity index is 1.47. The molecule has 4 rings (SSSR count). The van der Waals surface area contributed by atoms with Crippen molar-refractivity contribution in [3.63, 3.8) is 0 Å². The van der Waals surface area contributed by atoms with Gasteiger partial charge in [-0.25, -0.2) is 4.79 Å². The Bertz CT molecular complexity index is 1280. The van der Waals surface area contributed by atoms with Crippen LogP contribution in [0.3, 0.4) is 0 Å². The molecular weight excluding hydrogens is 514 g/mol. The van der Waals surface area contributed by atoms with Crippen molar-refractivity contribution in [2.75, 3.05) is 31.8 Å². The number of carbonyl (C=O) groups is 4. The quantitative estimate of drug-likeness (QED) is 0.513. The summed E-state index contributed by atoms with van der Waals surface area (Å²) in [5.41, 5.74) is 7.21. The zero-order valence-electron chi connectivity index (χ0n) is 23.5. The van der Waals surface area contributed by atoms with Gasteiger partial charge in [-0.2, -0.15) is 0 Å². The molecule has 40 heavy (non-hydrogen) atoms. The second-order valence-corrected chi connectivity index (χ2v) is 11.4. The number of alkyl carbamates (subject to hydrolysis) is 1. The summed E-state index contributed by atoms with van der Waals surface area (Å²) in [6.07, 6.45) is 0.0573. The predicted octanol–water partition coefficient (Wildman–Crippen LogP) is 3.39. The molecule has 3 N–H and O–H groups in total. The second-order valence-electron chi connectivity index (χ2n) is 11.4. The fourth-order valence-corrected chi connectivity index (χ4v) is 4.95. The fraction of sp³-hybridized carbons (Fsp3) is 0.467. The highest BCUT2D eigenvalue weighted by Gasteiger charge is 2.43. The van der Waals surface area contributed by atoms with Gasteiger partial charge >= 0.3 is 6.09 Å². The van der Waals surface area contributed by atoms with Crippen LogP contribution in [0.4, 0.5) is 10.5 Å². The molecule has 1 atom stereocenters. The van der Waals surface area contributed by atoms with Gasteiger partial charge in [-0.3, -0.25) is 14.4 Å². The number of benzene rings is 2. The van der Waals surface area contributed by atoms with Crippen LogP contribution in [-0.4, -0.2) is 61.7 Å². The maximum absolute atomic E-state index is 13.6. The number of ketones is 1. The number of primary amides is 1. The van der Waals surface area contributed by atoms with E-state index in [9.17, 15) is 19.2 Å². The molecule has 0 bridgehead atoms. The first-order valence-electron chi connectivity index (χ1n) is 13.4. The van der Waals surface area contributed by atoms with Gasteiger partial charge in [0.05, 0.1) is 5.69 Å². The monoisotopic (exact) mass is 551 g/mol. The Kier molecular flexibility index (Phi) is 8.48. The van der Waals surface area contributed by atoms with E-state index in [4.69, 9.17) is 19.9 Å². The number of Topliss-reactive ketones (excluding diaryl/α,β-unsaturated/α-hetero) is 1. The maximum atomic E-state index is 13.6. The molecule has 2 aliphatic heterocycles. The first-order chi connectivity index (χ1) is 18.9. The zero-order chi connectivity index (χ0) is 29.1. The standard InChI is InChI=1S/C30H37N3O7/c1-29(2,3)40-28(37)32-30(11-13-38-14-12-30)25(34)17-22(27(31)36)15-19-5-7-20(8-6-19)21-9-10-24-23(16-21)33(4)26(35)18-39-24/h5-10,16,22H,11-15,17-18H2,1-4H3,(H2,31,36)(H,32,37)/t22-/m1/s1. The molecule has 2 aromatic carbocycles. The molecule has 0 aliphatic carbocycles. The van der Waals surface area contributed by atoms with E-state index in [2.05, 4.69) is 5.32 Å². The molecule has 0 unspecified atom stereocenters. The topological polar surface area (TPSA) is 137 Å². The Morgan fingerprint density at radius 2 is 1.73 bits per heavy atom. The van der Waals surface area contributed by atoms with Crippen molar-refractivity contribution in [2.24, 2.45) is 11.7 Å². The minimum atomic E-state index is -1.18. The Morgan fingerprint density at radius 1 is 1.07 bits per heavy atom. The number of nitrogens with two attached hydrogens (primary N) is 1. The molecule has 0 aromatic heterocycles. The summed E-state index contributed by atoms with van der Waals surface area (Å²) in [5.74, 6) is -1.06. The number of nitrogens with zero attached hydrogens (tertiary/aromatic N) is 1. The van der Waals surface area contributed by atoms with Gasteiger partial charge in [-0.05, 0) is 56.0 Å². The summed E-state index contributed by atoms with van der Waals surface area (Å²) in [5, 5.41) is 2.77. The third kappa shape index (κ3) is 6.80. The van der Waals surface area contributed by atoms with Crippen LogP contribution in [0.25, 0.3) is 11.1 Å². The highest BCUT2D eigenvalue weighted by Crippen LogP contribution is 2.35. The lowest BCUT2D eigenvalue weighted by Crippen LogP contribution is -2.58. The van der Waals surface area contributed by atoms with Crippen LogP contribution >= 0.6 is 0 Å². The Labute approximate surface area is 234 Å². The summed E-state index contributed by atoms with van der Waals surface area (Å²) in [4.78, 5) is 52.1. The van der Waals surface area contributed by atoms with Gasteiger partial charge in [0.2, 0.25) is 5.91 Å². The van der Waals surface area contributed by atoms with E-state index >= 15 is 0 Å². The minimum Gasteiger partial charge on any atom is -0.482 e. The number of hydrogen-bond acceptors (Lipinski definition) is 7. The fourth-order valence-electron chi connectivity index (χ4n) is 4.95. The van der Waals surface area contributed by atoms with Crippen LogP contribution in [0, 0.1) is 5.92 Å². The SMILES string of the molecule is CN1C(=O)COc2ccc(-c3ccc(C[C@H](CC(=O)C4(NC(=O)OC(C)(C)C)CCOCC4)C(N)=O)cc3)cc21. The molecule has 10 heteroatoms. The summed E-state index contributed by atoms with van der Waals surface area (Å²) in [6.45, 7) is 5.88. The molecule has 2 aliphatic rings. The molecule has 1 fully saturated rings. The average molecular weight is 552 g/mol. The molecule has 0 radical (unpaired) electrons. The van der Waals surface area contributed by atoms with Gasteiger partial charge in [0.1, 0.15) is 16.9 Å². The Hall–Kier alpha value is -3.92. The van der Waals surface area contributed by atoms with Gasteiger partial charge in [-0.15, -0.1) is 0 Å². The van der Waals surface area contributed by atoms with Gasteiger partial charge < -0.3 is 30.2 Å². The van der Waals surface area contributed by atoms with Crippen LogP contribution in [0.15, 0.2) is 42.5 Å². The molecule has 3 amide bonds. The molecule has 1 saturated heterocycles. The van der Waals surface area contributed by atoms with E-state index in [1.54, 1.807) is 32.7 Å². The highest BCUT2D eigenvalue weighted by atomic mass is 16.6. The summed E-state index contributed by atoms with van der Waals surface area (Å²) >= 11 is 0. The van der Waals surface area contributed by atoms with E-state index in [0.717, 1.165) is 16.7 Å². The van der Waals surface area contributed by atoms with Crippen LogP contribution in [0.1, 0.15) is 45.6 Å². The molecule has 10 nitrogen and oxygen atoms in total. The molecule has 214 valence electrons. The average Bonchev–Trinajstić information content (AvgIpc) is 2.90. The lowest BCUT2D eigenvalue weighted by molar-refractivity contribution is -0.133. The predicted molar refractivity (Wildman–Crippen MR) is 149 cm³/mol. The third-order valence-corrected chi connectivity index (χ3v) is 7.27. The van der Waals surface area contributed by atoms with Crippen LogP contribution in [0.5, 0.6) is 5.75 Å². The number of hydrogen-bond donors (Lipinski definition) is 2. The number of carbonyl (C=O) groups excluding carboxylic acids is 4. The first-order valence-corrected chi connectivity index (χ1v) is 13.4. The lowest BCUT2D eigenvalue weighted by atomic mass is 9.80. The first kappa shape index (κ1) is 29.1. The summed E-state index contributed by atoms with van der Waals surface area (Å²) in [7, 11) is 1.72. The minimum absolute atomic E-state index is 0.0209. The Morgan fingerprint density at radius 3 is 2.35 bits per heavy atom. The third-order valence-electron chi connectivity index (χ3n) is 7.27.